The predicted octanol–water partition coefficient (Wildman–Crippen LogP) is 2.19. The molecule has 0 aromatic heterocycles. The van der Waals surface area contributed by atoms with Crippen molar-refractivity contribution in [1.82, 2.24) is 0 Å². The summed E-state index contributed by atoms with van der Waals surface area (Å²) in [5, 5.41) is 0. The molecule has 2 nitrogen and oxygen atoms in total. The molecule has 0 saturated carbocycles. The van der Waals surface area contributed by atoms with Gasteiger partial charge in [-0.3, -0.25) is 4.84 Å². The molecule has 0 aliphatic carbocycles. The van der Waals surface area contributed by atoms with Crippen LogP contribution in [0.5, 0.6) is 0 Å². The van der Waals surface area contributed by atoms with E-state index in [1.165, 1.54) is 0 Å². The van der Waals surface area contributed by atoms with E-state index in [2.05, 4.69) is 10.7 Å². The zero-order valence-electron chi connectivity index (χ0n) is 6.99. The number of hydrogen-bond acceptors (Lipinski definition) is 2. The summed E-state index contributed by atoms with van der Waals surface area (Å²) in [5.74, 6) is -5.65. The van der Waals surface area contributed by atoms with Crippen molar-refractivity contribution in [2.24, 2.45) is 5.90 Å². The average Bonchev–Trinajstić information content (AvgIpc) is 2.19. The lowest BCUT2D eigenvalue weighted by molar-refractivity contribution is 0.117. The molecule has 0 saturated heterocycles. The van der Waals surface area contributed by atoms with Crippen LogP contribution in [0.25, 0.3) is 0 Å². The minimum atomic E-state index is -2.21. The van der Waals surface area contributed by atoms with Gasteiger partial charge in [0.1, 0.15) is 0 Å². The summed E-state index contributed by atoms with van der Waals surface area (Å²) in [6, 6.07) is 0. The molecule has 0 spiro atoms. The zero-order chi connectivity index (χ0) is 10.9. The minimum absolute atomic E-state index is 0. The van der Waals surface area contributed by atoms with Crippen molar-refractivity contribution in [3.05, 3.63) is 34.6 Å². The third-order valence-corrected chi connectivity index (χ3v) is 1.53. The second-order valence-corrected chi connectivity index (χ2v) is 2.36. The molecule has 1 aromatic rings. The van der Waals surface area contributed by atoms with Crippen molar-refractivity contribution in [2.45, 2.75) is 6.61 Å². The lowest BCUT2D eigenvalue weighted by Gasteiger charge is -2.06. The van der Waals surface area contributed by atoms with Gasteiger partial charge in [-0.15, -0.1) is 12.4 Å². The molecule has 0 atom stereocenters. The summed E-state index contributed by atoms with van der Waals surface area (Å²) in [7, 11) is 0. The molecule has 0 unspecified atom stereocenters. The Labute approximate surface area is 87.2 Å². The van der Waals surface area contributed by atoms with Crippen LogP contribution in [0.1, 0.15) is 5.56 Å². The summed E-state index contributed by atoms with van der Waals surface area (Å²) in [6.07, 6.45) is 0. The molecule has 1 aromatic carbocycles. The molecule has 86 valence electrons. The van der Waals surface area contributed by atoms with Gasteiger partial charge >= 0.3 is 0 Å². The normalized spacial score (nSPS) is 10.0. The molecule has 0 heterocycles. The number of nitrogens with two attached hydrogens (primary N) is 1. The fourth-order valence-electron chi connectivity index (χ4n) is 0.860. The Balaban J connectivity index is 0.00000196. The van der Waals surface area contributed by atoms with Crippen LogP contribution in [-0.2, 0) is 11.4 Å². The van der Waals surface area contributed by atoms with Crippen molar-refractivity contribution >= 4 is 12.4 Å². The van der Waals surface area contributed by atoms with Gasteiger partial charge in [0.05, 0.1) is 12.2 Å². The van der Waals surface area contributed by atoms with E-state index in [1.54, 1.807) is 0 Å². The highest BCUT2D eigenvalue weighted by Gasteiger charge is 2.25. The monoisotopic (exact) mass is 249 g/mol. The number of benzene rings is 1. The van der Waals surface area contributed by atoms with Crippen molar-refractivity contribution in [3.63, 3.8) is 0 Å². The quantitative estimate of drug-likeness (QED) is 0.377. The smallest absolute Gasteiger partial charge is 0.200 e. The Kier molecular flexibility index (Phi) is 4.92. The van der Waals surface area contributed by atoms with Crippen LogP contribution in [0.2, 0.25) is 0 Å². The fraction of sp³-hybridized carbons (Fsp3) is 0.143. The van der Waals surface area contributed by atoms with E-state index < -0.39 is 41.3 Å². The molecular formula is C7H5ClF5NO. The van der Waals surface area contributed by atoms with Gasteiger partial charge in [-0.05, 0) is 0 Å². The summed E-state index contributed by atoms with van der Waals surface area (Å²) in [5.41, 5.74) is -1.09. The van der Waals surface area contributed by atoms with Gasteiger partial charge in [-0.25, -0.2) is 27.8 Å². The van der Waals surface area contributed by atoms with E-state index in [9.17, 15) is 22.0 Å². The van der Waals surface area contributed by atoms with Crippen LogP contribution in [-0.4, -0.2) is 0 Å². The maximum absolute atomic E-state index is 12.7. The number of hydrogen-bond donors (Lipinski definition) is 1. The molecule has 0 radical (unpaired) electrons. The third-order valence-electron chi connectivity index (χ3n) is 1.53. The van der Waals surface area contributed by atoms with Crippen molar-refractivity contribution < 1.29 is 26.8 Å². The van der Waals surface area contributed by atoms with Gasteiger partial charge in [-0.1, -0.05) is 0 Å². The van der Waals surface area contributed by atoms with Gasteiger partial charge in [0.25, 0.3) is 0 Å². The topological polar surface area (TPSA) is 35.2 Å². The Bertz CT molecular complexity index is 344. The number of halogens is 6. The first-order chi connectivity index (χ1) is 6.50. The van der Waals surface area contributed by atoms with Gasteiger partial charge in [0, 0.05) is 0 Å². The predicted molar refractivity (Wildman–Crippen MR) is 42.5 cm³/mol. The second-order valence-electron chi connectivity index (χ2n) is 2.36. The van der Waals surface area contributed by atoms with Crippen LogP contribution < -0.4 is 5.90 Å². The van der Waals surface area contributed by atoms with Gasteiger partial charge in [-0.2, -0.15) is 0 Å². The lowest BCUT2D eigenvalue weighted by Crippen LogP contribution is -2.10. The van der Waals surface area contributed by atoms with Crippen molar-refractivity contribution in [2.75, 3.05) is 0 Å². The van der Waals surface area contributed by atoms with Gasteiger partial charge in [0.15, 0.2) is 23.3 Å². The highest BCUT2D eigenvalue weighted by atomic mass is 35.5. The Hall–Kier alpha value is -0.920. The maximum atomic E-state index is 12.7. The van der Waals surface area contributed by atoms with Gasteiger partial charge < -0.3 is 0 Å². The first kappa shape index (κ1) is 14.1. The first-order valence-corrected chi connectivity index (χ1v) is 3.32. The second kappa shape index (κ2) is 5.24. The van der Waals surface area contributed by atoms with E-state index in [0.29, 0.717) is 0 Å². The van der Waals surface area contributed by atoms with E-state index in [4.69, 9.17) is 0 Å². The highest BCUT2D eigenvalue weighted by molar-refractivity contribution is 5.85. The molecule has 0 bridgehead atoms. The fourth-order valence-corrected chi connectivity index (χ4v) is 0.860. The Morgan fingerprint density at radius 3 is 1.47 bits per heavy atom. The first-order valence-electron chi connectivity index (χ1n) is 3.32. The van der Waals surface area contributed by atoms with Crippen LogP contribution >= 0.6 is 12.4 Å². The van der Waals surface area contributed by atoms with Crippen LogP contribution in [0.4, 0.5) is 22.0 Å². The van der Waals surface area contributed by atoms with Crippen LogP contribution in [0.15, 0.2) is 0 Å². The molecule has 0 aliphatic rings. The van der Waals surface area contributed by atoms with E-state index >= 15 is 0 Å². The SMILES string of the molecule is Cl.NOCc1c(F)c(F)c(F)c(F)c1F. The minimum Gasteiger partial charge on any atom is -0.300 e. The van der Waals surface area contributed by atoms with Crippen LogP contribution in [0, 0.1) is 29.1 Å². The number of rotatable bonds is 2. The molecule has 0 aliphatic heterocycles. The molecule has 1 rings (SSSR count). The zero-order valence-corrected chi connectivity index (χ0v) is 7.81. The van der Waals surface area contributed by atoms with Crippen LogP contribution in [0.3, 0.4) is 0 Å². The summed E-state index contributed by atoms with van der Waals surface area (Å²) < 4.78 is 62.8. The molecule has 8 heteroatoms. The average molecular weight is 250 g/mol. The largest absolute Gasteiger partial charge is 0.300 e. The van der Waals surface area contributed by atoms with Crippen molar-refractivity contribution in [1.29, 1.82) is 0 Å². The Morgan fingerprint density at radius 2 is 1.13 bits per heavy atom. The van der Waals surface area contributed by atoms with Crippen molar-refractivity contribution in [3.8, 4) is 0 Å². The molecule has 2 N–H and O–H groups in total. The molecular weight excluding hydrogens is 245 g/mol. The third kappa shape index (κ3) is 2.36. The standard InChI is InChI=1S/C7H4F5NO.ClH/c8-3-2(1-14-13)4(9)6(11)7(12)5(3)10;/h1,13H2;1H. The highest BCUT2D eigenvalue weighted by Crippen LogP contribution is 2.23. The summed E-state index contributed by atoms with van der Waals surface area (Å²) in [4.78, 5) is 3.80. The van der Waals surface area contributed by atoms with Gasteiger partial charge in [0.2, 0.25) is 5.82 Å². The molecule has 0 fully saturated rings. The molecule has 15 heavy (non-hydrogen) atoms. The van der Waals surface area contributed by atoms with E-state index in [0.717, 1.165) is 0 Å². The van der Waals surface area contributed by atoms with E-state index in [-0.39, 0.29) is 12.4 Å². The van der Waals surface area contributed by atoms with E-state index in [1.807, 2.05) is 0 Å². The summed E-state index contributed by atoms with van der Waals surface area (Å²) >= 11 is 0. The maximum Gasteiger partial charge on any atom is 0.200 e. The Morgan fingerprint density at radius 1 is 0.800 bits per heavy atom. The molecule has 0 amide bonds. The lowest BCUT2D eigenvalue weighted by atomic mass is 10.2. The summed E-state index contributed by atoms with van der Waals surface area (Å²) in [6.45, 7) is -0.897.